The third kappa shape index (κ3) is 4.21. The zero-order valence-corrected chi connectivity index (χ0v) is 14.5. The molecule has 2 amide bonds. The molecule has 2 unspecified atom stereocenters. The number of carbonyl (C=O) groups excluding carboxylic acids is 2. The van der Waals surface area contributed by atoms with Crippen molar-refractivity contribution in [3.8, 4) is 0 Å². The van der Waals surface area contributed by atoms with Crippen LogP contribution in [0.2, 0.25) is 0 Å². The highest BCUT2D eigenvalue weighted by atomic mass is 16.2. The van der Waals surface area contributed by atoms with E-state index in [2.05, 4.69) is 19.2 Å². The molecule has 0 aromatic carbocycles. The molecule has 0 saturated carbocycles. The molecule has 1 N–H and O–H groups in total. The molecule has 0 aromatic heterocycles. The molecule has 1 aliphatic rings. The Hall–Kier alpha value is -1.06. The number of hydrogen-bond acceptors (Lipinski definition) is 2. The van der Waals surface area contributed by atoms with Gasteiger partial charge in [-0.2, -0.15) is 0 Å². The van der Waals surface area contributed by atoms with Crippen LogP contribution in [0.15, 0.2) is 0 Å². The second kappa shape index (κ2) is 7.28. The molecule has 0 aromatic rings. The van der Waals surface area contributed by atoms with Crippen LogP contribution >= 0.6 is 0 Å². The van der Waals surface area contributed by atoms with E-state index in [9.17, 15) is 9.59 Å². The van der Waals surface area contributed by atoms with Crippen molar-refractivity contribution in [3.63, 3.8) is 0 Å². The Balaban J connectivity index is 3.05. The van der Waals surface area contributed by atoms with Gasteiger partial charge in [0.25, 0.3) is 0 Å². The van der Waals surface area contributed by atoms with Gasteiger partial charge in [0.1, 0.15) is 12.1 Å². The molecule has 122 valence electrons. The van der Waals surface area contributed by atoms with Crippen molar-refractivity contribution >= 4 is 11.8 Å². The maximum Gasteiger partial charge on any atom is 0.245 e. The fraction of sp³-hybridized carbons (Fsp3) is 0.882. The first kappa shape index (κ1) is 18.0. The van der Waals surface area contributed by atoms with E-state index >= 15 is 0 Å². The summed E-state index contributed by atoms with van der Waals surface area (Å²) >= 11 is 0. The minimum absolute atomic E-state index is 0.00602. The third-order valence-electron chi connectivity index (χ3n) is 4.46. The molecule has 4 heteroatoms. The van der Waals surface area contributed by atoms with Gasteiger partial charge in [-0.05, 0) is 17.8 Å². The number of amides is 2. The third-order valence-corrected chi connectivity index (χ3v) is 4.46. The number of rotatable bonds is 6. The molecule has 0 aliphatic carbocycles. The van der Waals surface area contributed by atoms with Gasteiger partial charge in [-0.15, -0.1) is 0 Å². The number of carbonyl (C=O) groups is 2. The molecule has 1 fully saturated rings. The Bertz CT molecular complexity index is 369. The molecule has 1 heterocycles. The Labute approximate surface area is 129 Å². The van der Waals surface area contributed by atoms with Crippen LogP contribution in [0.4, 0.5) is 0 Å². The number of piperazine rings is 1. The Morgan fingerprint density at radius 3 is 2.14 bits per heavy atom. The van der Waals surface area contributed by atoms with Crippen molar-refractivity contribution in [1.29, 1.82) is 0 Å². The van der Waals surface area contributed by atoms with Crippen molar-refractivity contribution < 1.29 is 9.59 Å². The van der Waals surface area contributed by atoms with E-state index in [0.29, 0.717) is 12.5 Å². The normalized spacial score (nSPS) is 23.7. The van der Waals surface area contributed by atoms with Crippen LogP contribution in [-0.2, 0) is 9.59 Å². The highest BCUT2D eigenvalue weighted by molar-refractivity contribution is 5.97. The van der Waals surface area contributed by atoms with Crippen LogP contribution in [0.1, 0.15) is 67.2 Å². The molecule has 0 bridgehead atoms. The lowest BCUT2D eigenvalue weighted by Crippen LogP contribution is -2.67. The largest absolute Gasteiger partial charge is 0.342 e. The summed E-state index contributed by atoms with van der Waals surface area (Å²) in [5.74, 6) is 0.571. The predicted molar refractivity (Wildman–Crippen MR) is 85.9 cm³/mol. The fourth-order valence-electron chi connectivity index (χ4n) is 3.15. The highest BCUT2D eigenvalue weighted by Crippen LogP contribution is 2.30. The van der Waals surface area contributed by atoms with Gasteiger partial charge in [0, 0.05) is 6.54 Å². The molecule has 1 saturated heterocycles. The fourth-order valence-corrected chi connectivity index (χ4v) is 3.15. The van der Waals surface area contributed by atoms with Gasteiger partial charge in [-0.3, -0.25) is 9.59 Å². The monoisotopic (exact) mass is 296 g/mol. The second-order valence-electron chi connectivity index (χ2n) is 7.29. The van der Waals surface area contributed by atoms with Crippen LogP contribution < -0.4 is 5.32 Å². The van der Waals surface area contributed by atoms with Gasteiger partial charge in [0.05, 0.1) is 0 Å². The topological polar surface area (TPSA) is 49.4 Å². The summed E-state index contributed by atoms with van der Waals surface area (Å²) in [5.41, 5.74) is -0.247. The van der Waals surface area contributed by atoms with E-state index in [0.717, 1.165) is 25.7 Å². The average molecular weight is 296 g/mol. The summed E-state index contributed by atoms with van der Waals surface area (Å²) in [6.45, 7) is 13.1. The maximum absolute atomic E-state index is 12.8. The molecule has 4 nitrogen and oxygen atoms in total. The van der Waals surface area contributed by atoms with Crippen molar-refractivity contribution in [1.82, 2.24) is 10.2 Å². The number of nitrogens with zero attached hydrogens (tertiary/aromatic N) is 1. The van der Waals surface area contributed by atoms with E-state index in [4.69, 9.17) is 0 Å². The molecule has 21 heavy (non-hydrogen) atoms. The van der Waals surface area contributed by atoms with E-state index in [1.807, 2.05) is 32.6 Å². The average Bonchev–Trinajstić information content (AvgIpc) is 2.39. The van der Waals surface area contributed by atoms with Crippen LogP contribution in [0.3, 0.4) is 0 Å². The number of nitrogens with one attached hydrogen (secondary N) is 1. The van der Waals surface area contributed by atoms with Crippen molar-refractivity contribution in [2.24, 2.45) is 11.3 Å². The Kier molecular flexibility index (Phi) is 6.24. The van der Waals surface area contributed by atoms with Gasteiger partial charge >= 0.3 is 0 Å². The number of hydrogen-bond donors (Lipinski definition) is 1. The first-order chi connectivity index (χ1) is 9.76. The minimum atomic E-state index is -0.362. The molecule has 1 aliphatic heterocycles. The second-order valence-corrected chi connectivity index (χ2v) is 7.29. The predicted octanol–water partition coefficient (Wildman–Crippen LogP) is 2.96. The van der Waals surface area contributed by atoms with Gasteiger partial charge in [0.15, 0.2) is 0 Å². The Morgan fingerprint density at radius 1 is 1.14 bits per heavy atom. The molecule has 0 spiro atoms. The van der Waals surface area contributed by atoms with Crippen molar-refractivity contribution in [2.45, 2.75) is 79.3 Å². The van der Waals surface area contributed by atoms with Crippen LogP contribution in [0, 0.1) is 11.3 Å². The summed E-state index contributed by atoms with van der Waals surface area (Å²) in [7, 11) is 0. The maximum atomic E-state index is 12.8. The van der Waals surface area contributed by atoms with E-state index < -0.39 is 0 Å². The summed E-state index contributed by atoms with van der Waals surface area (Å²) in [6.07, 6.45) is 3.70. The summed E-state index contributed by atoms with van der Waals surface area (Å²) in [4.78, 5) is 27.2. The highest BCUT2D eigenvalue weighted by Gasteiger charge is 2.45. The van der Waals surface area contributed by atoms with Gasteiger partial charge in [-0.1, -0.05) is 60.8 Å². The molecular weight excluding hydrogens is 264 g/mol. The minimum Gasteiger partial charge on any atom is -0.342 e. The molecule has 1 rings (SSSR count). The molecule has 2 atom stereocenters. The van der Waals surface area contributed by atoms with Gasteiger partial charge in [0.2, 0.25) is 11.8 Å². The van der Waals surface area contributed by atoms with E-state index in [1.165, 1.54) is 0 Å². The Morgan fingerprint density at radius 2 is 1.71 bits per heavy atom. The SMILES string of the molecule is CCCC1NC(=O)C(C(C)(C)C)N(CC(CC)CC)C1=O. The zero-order chi connectivity index (χ0) is 16.2. The van der Waals surface area contributed by atoms with Gasteiger partial charge in [-0.25, -0.2) is 0 Å². The zero-order valence-electron chi connectivity index (χ0n) is 14.5. The van der Waals surface area contributed by atoms with Crippen LogP contribution in [0.25, 0.3) is 0 Å². The van der Waals surface area contributed by atoms with Crippen molar-refractivity contribution in [2.75, 3.05) is 6.54 Å². The summed E-state index contributed by atoms with van der Waals surface area (Å²) < 4.78 is 0. The smallest absolute Gasteiger partial charge is 0.245 e. The van der Waals surface area contributed by atoms with Crippen LogP contribution in [-0.4, -0.2) is 35.3 Å². The van der Waals surface area contributed by atoms with E-state index in [-0.39, 0.29) is 29.3 Å². The molecule has 0 radical (unpaired) electrons. The quantitative estimate of drug-likeness (QED) is 0.819. The lowest BCUT2D eigenvalue weighted by Gasteiger charge is -2.45. The first-order valence-electron chi connectivity index (χ1n) is 8.37. The lowest BCUT2D eigenvalue weighted by atomic mass is 9.82. The van der Waals surface area contributed by atoms with E-state index in [1.54, 1.807) is 0 Å². The summed E-state index contributed by atoms with van der Waals surface area (Å²) in [6, 6.07) is -0.700. The standard InChI is InChI=1S/C17H32N2O2/c1-7-10-13-16(21)19(11-12(8-2)9-3)14(15(20)18-13)17(4,5)6/h12-14H,7-11H2,1-6H3,(H,18,20). The van der Waals surface area contributed by atoms with Gasteiger partial charge < -0.3 is 10.2 Å². The van der Waals surface area contributed by atoms with Crippen LogP contribution in [0.5, 0.6) is 0 Å². The lowest BCUT2D eigenvalue weighted by molar-refractivity contribution is -0.154. The first-order valence-corrected chi connectivity index (χ1v) is 8.37. The van der Waals surface area contributed by atoms with Crippen molar-refractivity contribution in [3.05, 3.63) is 0 Å². The molecular formula is C17H32N2O2. The summed E-state index contributed by atoms with van der Waals surface area (Å²) in [5, 5.41) is 2.93.